The molecule has 0 unspecified atom stereocenters. The van der Waals surface area contributed by atoms with Gasteiger partial charge in [0, 0.05) is 6.04 Å². The summed E-state index contributed by atoms with van der Waals surface area (Å²) in [4.78, 5) is 26.5. The maximum atomic E-state index is 12.8. The SMILES string of the molecule is CC(C)c1ccc(N2C(=O)C(Cl)=C(NC3CCCCCC3)C2=O)cc1. The van der Waals surface area contributed by atoms with Crippen molar-refractivity contribution in [1.29, 1.82) is 0 Å². The molecule has 1 aliphatic heterocycles. The van der Waals surface area contributed by atoms with Gasteiger partial charge in [-0.25, -0.2) is 4.90 Å². The minimum atomic E-state index is -0.444. The molecule has 1 aromatic rings. The van der Waals surface area contributed by atoms with Gasteiger partial charge in [0.25, 0.3) is 11.8 Å². The van der Waals surface area contributed by atoms with Crippen LogP contribution in [-0.2, 0) is 9.59 Å². The summed E-state index contributed by atoms with van der Waals surface area (Å²) in [7, 11) is 0. The maximum Gasteiger partial charge on any atom is 0.283 e. The highest BCUT2D eigenvalue weighted by atomic mass is 35.5. The Hall–Kier alpha value is -1.81. The second-order valence-electron chi connectivity index (χ2n) is 7.21. The standard InChI is InChI=1S/C20H25ClN2O2/c1-13(2)14-9-11-16(12-10-14)23-19(24)17(21)18(20(23)25)22-15-7-5-3-4-6-8-15/h9-13,15,22H,3-8H2,1-2H3. The third-order valence-corrected chi connectivity index (χ3v) is 5.40. The zero-order chi connectivity index (χ0) is 18.0. The lowest BCUT2D eigenvalue weighted by atomic mass is 10.0. The number of hydrogen-bond donors (Lipinski definition) is 1. The van der Waals surface area contributed by atoms with Crippen molar-refractivity contribution in [2.24, 2.45) is 0 Å². The maximum absolute atomic E-state index is 12.8. The molecule has 0 spiro atoms. The van der Waals surface area contributed by atoms with E-state index < -0.39 is 5.91 Å². The van der Waals surface area contributed by atoms with Gasteiger partial charge in [-0.15, -0.1) is 0 Å². The molecule has 1 fully saturated rings. The number of amides is 2. The van der Waals surface area contributed by atoms with Crippen LogP contribution in [-0.4, -0.2) is 17.9 Å². The number of hydrogen-bond acceptors (Lipinski definition) is 3. The van der Waals surface area contributed by atoms with Crippen LogP contribution < -0.4 is 10.2 Å². The van der Waals surface area contributed by atoms with Crippen molar-refractivity contribution in [2.75, 3.05) is 4.90 Å². The normalized spacial score (nSPS) is 19.8. The van der Waals surface area contributed by atoms with E-state index in [4.69, 9.17) is 11.6 Å². The molecule has 1 aliphatic carbocycles. The summed E-state index contributed by atoms with van der Waals surface area (Å²) in [6.07, 6.45) is 6.77. The third kappa shape index (κ3) is 3.74. The van der Waals surface area contributed by atoms with Gasteiger partial charge >= 0.3 is 0 Å². The van der Waals surface area contributed by atoms with E-state index in [1.54, 1.807) is 0 Å². The Kier molecular flexibility index (Phi) is 5.48. The van der Waals surface area contributed by atoms with Gasteiger partial charge in [0.05, 0.1) is 5.69 Å². The fourth-order valence-electron chi connectivity index (χ4n) is 3.50. The number of halogens is 1. The van der Waals surface area contributed by atoms with Gasteiger partial charge in [-0.05, 0) is 36.5 Å². The first-order valence-corrected chi connectivity index (χ1v) is 9.52. The molecule has 1 heterocycles. The number of carbonyl (C=O) groups excluding carboxylic acids is 2. The Morgan fingerprint density at radius 3 is 2.16 bits per heavy atom. The minimum Gasteiger partial charge on any atom is -0.376 e. The van der Waals surface area contributed by atoms with Crippen LogP contribution in [0, 0.1) is 0 Å². The molecule has 2 aliphatic rings. The lowest BCUT2D eigenvalue weighted by molar-refractivity contribution is -0.120. The van der Waals surface area contributed by atoms with E-state index in [2.05, 4.69) is 19.2 Å². The number of nitrogens with one attached hydrogen (secondary N) is 1. The summed E-state index contributed by atoms with van der Waals surface area (Å²) >= 11 is 6.22. The van der Waals surface area contributed by atoms with Crippen molar-refractivity contribution in [1.82, 2.24) is 5.32 Å². The molecular weight excluding hydrogens is 336 g/mol. The highest BCUT2D eigenvalue weighted by Crippen LogP contribution is 2.30. The average molecular weight is 361 g/mol. The fraction of sp³-hybridized carbons (Fsp3) is 0.500. The van der Waals surface area contributed by atoms with E-state index in [0.717, 1.165) is 25.7 Å². The quantitative estimate of drug-likeness (QED) is 0.637. The number of rotatable bonds is 4. The van der Waals surface area contributed by atoms with E-state index in [1.807, 2.05) is 24.3 Å². The topological polar surface area (TPSA) is 49.4 Å². The summed E-state index contributed by atoms with van der Waals surface area (Å²) in [5.41, 5.74) is 1.99. The molecule has 0 atom stereocenters. The summed E-state index contributed by atoms with van der Waals surface area (Å²) in [6, 6.07) is 7.73. The number of imide groups is 1. The van der Waals surface area contributed by atoms with Crippen molar-refractivity contribution < 1.29 is 9.59 Å². The Labute approximate surface area is 154 Å². The first-order chi connectivity index (χ1) is 12.0. The highest BCUT2D eigenvalue weighted by Gasteiger charge is 2.39. The van der Waals surface area contributed by atoms with Crippen molar-refractivity contribution in [2.45, 2.75) is 64.3 Å². The molecule has 1 saturated carbocycles. The third-order valence-electron chi connectivity index (χ3n) is 5.05. The summed E-state index contributed by atoms with van der Waals surface area (Å²) in [6.45, 7) is 4.21. The molecule has 1 aromatic carbocycles. The van der Waals surface area contributed by atoms with Gasteiger partial charge in [-0.1, -0.05) is 63.3 Å². The molecular formula is C20H25ClN2O2. The molecule has 134 valence electrons. The largest absolute Gasteiger partial charge is 0.376 e. The average Bonchev–Trinajstić information content (AvgIpc) is 2.80. The van der Waals surface area contributed by atoms with Crippen LogP contribution in [0.4, 0.5) is 5.69 Å². The van der Waals surface area contributed by atoms with E-state index >= 15 is 0 Å². The molecule has 1 N–H and O–H groups in total. The number of benzene rings is 1. The molecule has 0 radical (unpaired) electrons. The van der Waals surface area contributed by atoms with Gasteiger partial charge in [-0.2, -0.15) is 0 Å². The van der Waals surface area contributed by atoms with Crippen LogP contribution >= 0.6 is 11.6 Å². The number of anilines is 1. The van der Waals surface area contributed by atoms with Gasteiger partial charge in [0.2, 0.25) is 0 Å². The second-order valence-corrected chi connectivity index (χ2v) is 7.59. The van der Waals surface area contributed by atoms with Crippen molar-refractivity contribution in [3.63, 3.8) is 0 Å². The molecule has 3 rings (SSSR count). The van der Waals surface area contributed by atoms with Gasteiger partial charge in [-0.3, -0.25) is 9.59 Å². The van der Waals surface area contributed by atoms with Crippen molar-refractivity contribution in [3.05, 3.63) is 40.6 Å². The van der Waals surface area contributed by atoms with Crippen LogP contribution in [0.15, 0.2) is 35.0 Å². The Morgan fingerprint density at radius 2 is 1.60 bits per heavy atom. The zero-order valence-electron chi connectivity index (χ0n) is 14.8. The zero-order valence-corrected chi connectivity index (χ0v) is 15.6. The van der Waals surface area contributed by atoms with Crippen LogP contribution in [0.5, 0.6) is 0 Å². The van der Waals surface area contributed by atoms with E-state index in [-0.39, 0.29) is 22.7 Å². The van der Waals surface area contributed by atoms with Crippen LogP contribution in [0.3, 0.4) is 0 Å². The highest BCUT2D eigenvalue weighted by molar-refractivity contribution is 6.52. The Morgan fingerprint density at radius 1 is 1.00 bits per heavy atom. The van der Waals surface area contributed by atoms with Crippen molar-refractivity contribution in [3.8, 4) is 0 Å². The minimum absolute atomic E-state index is 0.00202. The number of nitrogens with zero attached hydrogens (tertiary/aromatic N) is 1. The first kappa shape index (κ1) is 18.0. The van der Waals surface area contributed by atoms with Gasteiger partial charge < -0.3 is 5.32 Å². The second kappa shape index (κ2) is 7.61. The van der Waals surface area contributed by atoms with Crippen LogP contribution in [0.25, 0.3) is 0 Å². The fourth-order valence-corrected chi connectivity index (χ4v) is 3.72. The molecule has 25 heavy (non-hydrogen) atoms. The first-order valence-electron chi connectivity index (χ1n) is 9.14. The predicted molar refractivity (Wildman–Crippen MR) is 101 cm³/mol. The molecule has 4 nitrogen and oxygen atoms in total. The van der Waals surface area contributed by atoms with Gasteiger partial charge in [0.1, 0.15) is 10.7 Å². The monoisotopic (exact) mass is 360 g/mol. The molecule has 2 amide bonds. The van der Waals surface area contributed by atoms with E-state index in [9.17, 15) is 9.59 Å². The lowest BCUT2D eigenvalue weighted by Gasteiger charge is -2.19. The van der Waals surface area contributed by atoms with Crippen molar-refractivity contribution >= 4 is 29.1 Å². The summed E-state index contributed by atoms with van der Waals surface area (Å²) in [5, 5.41) is 3.25. The molecule has 0 saturated heterocycles. The molecule has 5 heteroatoms. The smallest absolute Gasteiger partial charge is 0.283 e. The molecule has 0 bridgehead atoms. The van der Waals surface area contributed by atoms with Gasteiger partial charge in [0.15, 0.2) is 0 Å². The lowest BCUT2D eigenvalue weighted by Crippen LogP contribution is -2.36. The predicted octanol–water partition coefficient (Wildman–Crippen LogP) is 4.45. The Bertz CT molecular complexity index is 686. The Balaban J connectivity index is 1.78. The summed E-state index contributed by atoms with van der Waals surface area (Å²) < 4.78 is 0. The molecule has 0 aromatic heterocycles. The van der Waals surface area contributed by atoms with Crippen LogP contribution in [0.1, 0.15) is 63.9 Å². The summed E-state index contributed by atoms with van der Waals surface area (Å²) in [5.74, 6) is -0.398. The van der Waals surface area contributed by atoms with E-state index in [1.165, 1.54) is 23.3 Å². The van der Waals surface area contributed by atoms with Crippen LogP contribution in [0.2, 0.25) is 0 Å². The number of carbonyl (C=O) groups is 2. The van der Waals surface area contributed by atoms with E-state index in [0.29, 0.717) is 11.6 Å².